The lowest BCUT2D eigenvalue weighted by Crippen LogP contribution is -2.24. The Balaban J connectivity index is 1.80. The number of allylic oxidation sites excluding steroid dienone is 2. The van der Waals surface area contributed by atoms with Gasteiger partial charge >= 0.3 is 11.9 Å². The molecule has 7 heteroatoms. The SMILES string of the molecule is C=C(CCSc1ccccc1C(=O)OC(C)(C)C)OC(=C)CCSc1ccccc1C(=O)OC(C)(C)C. The van der Waals surface area contributed by atoms with Crippen molar-refractivity contribution in [1.82, 2.24) is 0 Å². The van der Waals surface area contributed by atoms with E-state index in [1.807, 2.05) is 77.9 Å². The molecule has 0 atom stereocenters. The Morgan fingerprint density at radius 3 is 1.38 bits per heavy atom. The van der Waals surface area contributed by atoms with Crippen molar-refractivity contribution < 1.29 is 23.8 Å². The van der Waals surface area contributed by atoms with Gasteiger partial charge in [0.25, 0.3) is 0 Å². The van der Waals surface area contributed by atoms with E-state index < -0.39 is 11.2 Å². The molecule has 0 unspecified atom stereocenters. The Labute approximate surface area is 230 Å². The Bertz CT molecular complexity index is 1020. The summed E-state index contributed by atoms with van der Waals surface area (Å²) in [5.74, 6) is 1.97. The summed E-state index contributed by atoms with van der Waals surface area (Å²) in [5, 5.41) is 0. The van der Waals surface area contributed by atoms with Gasteiger partial charge in [0.1, 0.15) is 11.2 Å². The summed E-state index contributed by atoms with van der Waals surface area (Å²) in [6.07, 6.45) is 1.22. The predicted molar refractivity (Wildman–Crippen MR) is 153 cm³/mol. The smallest absolute Gasteiger partial charge is 0.339 e. The highest BCUT2D eigenvalue weighted by molar-refractivity contribution is 7.99. The molecule has 0 amide bonds. The fraction of sp³-hybridized carbons (Fsp3) is 0.400. The highest BCUT2D eigenvalue weighted by Crippen LogP contribution is 2.28. The molecule has 0 aliphatic carbocycles. The summed E-state index contributed by atoms with van der Waals surface area (Å²) in [5.41, 5.74) is 0.0186. The highest BCUT2D eigenvalue weighted by Gasteiger charge is 2.21. The second-order valence-corrected chi connectivity index (χ2v) is 12.6. The van der Waals surface area contributed by atoms with E-state index >= 15 is 0 Å². The second-order valence-electron chi connectivity index (χ2n) is 10.4. The van der Waals surface area contributed by atoms with Crippen LogP contribution >= 0.6 is 23.5 Å². The number of carbonyl (C=O) groups excluding carboxylic acids is 2. The minimum absolute atomic E-state index is 0.329. The molecule has 2 aromatic carbocycles. The predicted octanol–water partition coefficient (Wildman–Crippen LogP) is 8.31. The fourth-order valence-corrected chi connectivity index (χ4v) is 5.11. The van der Waals surface area contributed by atoms with Crippen molar-refractivity contribution in [2.75, 3.05) is 11.5 Å². The molecule has 0 fully saturated rings. The lowest BCUT2D eigenvalue weighted by atomic mass is 10.1. The van der Waals surface area contributed by atoms with Crippen molar-refractivity contribution in [2.45, 2.75) is 75.4 Å². The Morgan fingerprint density at radius 2 is 1.03 bits per heavy atom. The van der Waals surface area contributed by atoms with Crippen molar-refractivity contribution in [3.63, 3.8) is 0 Å². The van der Waals surface area contributed by atoms with Gasteiger partial charge < -0.3 is 14.2 Å². The normalized spacial score (nSPS) is 11.5. The lowest BCUT2D eigenvalue weighted by molar-refractivity contribution is 0.00531. The van der Waals surface area contributed by atoms with Crippen LogP contribution in [-0.2, 0) is 14.2 Å². The van der Waals surface area contributed by atoms with Crippen LogP contribution in [0, 0.1) is 0 Å². The summed E-state index contributed by atoms with van der Waals surface area (Å²) in [7, 11) is 0. The minimum Gasteiger partial charge on any atom is -0.467 e. The van der Waals surface area contributed by atoms with E-state index in [-0.39, 0.29) is 11.9 Å². The van der Waals surface area contributed by atoms with Crippen LogP contribution in [0.15, 0.2) is 83.0 Å². The van der Waals surface area contributed by atoms with E-state index in [4.69, 9.17) is 14.2 Å². The van der Waals surface area contributed by atoms with E-state index in [0.717, 1.165) is 9.79 Å². The molecule has 0 saturated carbocycles. The third kappa shape index (κ3) is 11.5. The van der Waals surface area contributed by atoms with Gasteiger partial charge in [0.05, 0.1) is 22.6 Å². The molecular weight excluding hydrogens is 504 g/mol. The van der Waals surface area contributed by atoms with Gasteiger partial charge in [-0.1, -0.05) is 37.4 Å². The average Bonchev–Trinajstić information content (AvgIpc) is 2.77. The molecule has 0 radical (unpaired) electrons. The number of rotatable bonds is 12. The lowest BCUT2D eigenvalue weighted by Gasteiger charge is -2.20. The maximum absolute atomic E-state index is 12.5. The molecule has 0 spiro atoms. The van der Waals surface area contributed by atoms with E-state index in [1.54, 1.807) is 35.7 Å². The van der Waals surface area contributed by atoms with E-state index in [2.05, 4.69) is 13.2 Å². The van der Waals surface area contributed by atoms with E-state index in [0.29, 0.717) is 47.0 Å². The topological polar surface area (TPSA) is 61.8 Å². The summed E-state index contributed by atoms with van der Waals surface area (Å²) in [4.78, 5) is 26.8. The van der Waals surface area contributed by atoms with Crippen LogP contribution in [0.25, 0.3) is 0 Å². The number of benzene rings is 2. The molecule has 200 valence electrons. The number of thioether (sulfide) groups is 2. The molecule has 0 bridgehead atoms. The molecule has 37 heavy (non-hydrogen) atoms. The molecule has 0 saturated heterocycles. The average molecular weight is 543 g/mol. The van der Waals surface area contributed by atoms with E-state index in [9.17, 15) is 9.59 Å². The molecule has 0 aromatic heterocycles. The van der Waals surface area contributed by atoms with Crippen LogP contribution in [0.1, 0.15) is 75.1 Å². The molecule has 0 N–H and O–H groups in total. The standard InChI is InChI=1S/C30H38O5S2/c1-21(17-19-36-25-15-11-9-13-23(25)27(31)34-29(3,4)5)33-22(2)18-20-37-26-16-12-10-14-24(26)28(32)35-30(6,7)8/h9-16H,1-2,17-20H2,3-8H3. The van der Waals surface area contributed by atoms with Gasteiger partial charge in [0.2, 0.25) is 0 Å². The van der Waals surface area contributed by atoms with Crippen LogP contribution in [0.5, 0.6) is 0 Å². The Morgan fingerprint density at radius 1 is 0.676 bits per heavy atom. The van der Waals surface area contributed by atoms with Crippen molar-refractivity contribution in [2.24, 2.45) is 0 Å². The molecule has 0 aliphatic rings. The van der Waals surface area contributed by atoms with Crippen molar-refractivity contribution in [3.8, 4) is 0 Å². The first-order valence-electron chi connectivity index (χ1n) is 12.2. The first-order valence-corrected chi connectivity index (χ1v) is 14.2. The van der Waals surface area contributed by atoms with Gasteiger partial charge in [-0.15, -0.1) is 23.5 Å². The van der Waals surface area contributed by atoms with Crippen molar-refractivity contribution >= 4 is 35.5 Å². The number of hydrogen-bond donors (Lipinski definition) is 0. The van der Waals surface area contributed by atoms with Crippen LogP contribution in [0.4, 0.5) is 0 Å². The maximum atomic E-state index is 12.5. The zero-order valence-corrected chi connectivity index (χ0v) is 24.4. The summed E-state index contributed by atoms with van der Waals surface area (Å²) < 4.78 is 16.9. The second kappa shape index (κ2) is 13.8. The molecular formula is C30H38O5S2. The number of esters is 2. The zero-order valence-electron chi connectivity index (χ0n) is 22.7. The first kappa shape index (κ1) is 30.6. The van der Waals surface area contributed by atoms with Crippen LogP contribution in [-0.4, -0.2) is 34.6 Å². The largest absolute Gasteiger partial charge is 0.467 e. The molecule has 2 aromatic rings. The van der Waals surface area contributed by atoms with E-state index in [1.165, 1.54) is 0 Å². The van der Waals surface area contributed by atoms with Crippen molar-refractivity contribution in [1.29, 1.82) is 0 Å². The monoisotopic (exact) mass is 542 g/mol. The molecule has 0 heterocycles. The van der Waals surface area contributed by atoms with Gasteiger partial charge in [-0.25, -0.2) is 9.59 Å². The number of ether oxygens (including phenoxy) is 3. The third-order valence-corrected chi connectivity index (χ3v) is 6.73. The molecule has 2 rings (SSSR count). The molecule has 5 nitrogen and oxygen atoms in total. The molecule has 0 aliphatic heterocycles. The third-order valence-electron chi connectivity index (χ3n) is 4.58. The summed E-state index contributed by atoms with van der Waals surface area (Å²) >= 11 is 3.12. The summed E-state index contributed by atoms with van der Waals surface area (Å²) in [6, 6.07) is 14.9. The highest BCUT2D eigenvalue weighted by atomic mass is 32.2. The number of carbonyl (C=O) groups is 2. The maximum Gasteiger partial charge on any atom is 0.339 e. The minimum atomic E-state index is -0.548. The van der Waals surface area contributed by atoms with Crippen LogP contribution in [0.3, 0.4) is 0 Å². The Hall–Kier alpha value is -2.64. The number of hydrogen-bond acceptors (Lipinski definition) is 7. The zero-order chi connectivity index (χ0) is 27.6. The first-order chi connectivity index (χ1) is 17.2. The van der Waals surface area contributed by atoms with Gasteiger partial charge in [0, 0.05) is 34.1 Å². The van der Waals surface area contributed by atoms with Gasteiger partial charge in [0.15, 0.2) is 0 Å². The quantitative estimate of drug-likeness (QED) is 0.152. The van der Waals surface area contributed by atoms with Gasteiger partial charge in [-0.2, -0.15) is 0 Å². The summed E-state index contributed by atoms with van der Waals surface area (Å²) in [6.45, 7) is 19.2. The Kier molecular flexibility index (Phi) is 11.4. The fourth-order valence-electron chi connectivity index (χ4n) is 3.04. The van der Waals surface area contributed by atoms with Gasteiger partial charge in [-0.05, 0) is 65.8 Å². The van der Waals surface area contributed by atoms with Crippen LogP contribution in [0.2, 0.25) is 0 Å². The van der Waals surface area contributed by atoms with Crippen molar-refractivity contribution in [3.05, 3.63) is 84.3 Å². The van der Waals surface area contributed by atoms with Gasteiger partial charge in [-0.3, -0.25) is 0 Å². The van der Waals surface area contributed by atoms with Crippen LogP contribution < -0.4 is 0 Å².